The van der Waals surface area contributed by atoms with Crippen molar-refractivity contribution in [2.75, 3.05) is 5.73 Å². The Bertz CT molecular complexity index is 423. The van der Waals surface area contributed by atoms with Crippen LogP contribution in [0, 0.1) is 5.92 Å². The monoisotopic (exact) mass is 313 g/mol. The van der Waals surface area contributed by atoms with E-state index >= 15 is 0 Å². The fraction of sp³-hybridized carbons (Fsp3) is 0.538. The predicted molar refractivity (Wildman–Crippen MR) is 77.3 cm³/mol. The number of hydrogen-bond donors (Lipinski definition) is 2. The molecule has 3 N–H and O–H groups in total. The molecule has 0 spiro atoms. The maximum Gasteiger partial charge on any atom is 0.252 e. The number of nitrogens with two attached hydrogens (primary N) is 1. The quantitative estimate of drug-likeness (QED) is 0.878. The van der Waals surface area contributed by atoms with Crippen molar-refractivity contribution in [1.82, 2.24) is 10.3 Å². The maximum atomic E-state index is 12.1. The van der Waals surface area contributed by atoms with Gasteiger partial charge in [0.05, 0.1) is 5.56 Å². The van der Waals surface area contributed by atoms with Crippen LogP contribution in [-0.2, 0) is 0 Å². The van der Waals surface area contributed by atoms with Gasteiger partial charge in [0.1, 0.15) is 5.82 Å². The van der Waals surface area contributed by atoms with Crippen LogP contribution in [0.15, 0.2) is 16.7 Å². The fourth-order valence-corrected chi connectivity index (χ4v) is 2.16. The van der Waals surface area contributed by atoms with Crippen LogP contribution in [-0.4, -0.2) is 16.9 Å². The summed E-state index contributed by atoms with van der Waals surface area (Å²) in [7, 11) is 0. The summed E-state index contributed by atoms with van der Waals surface area (Å²) in [6.45, 7) is 6.35. The molecule has 2 unspecified atom stereocenters. The molecule has 0 bridgehead atoms. The molecule has 0 fully saturated rings. The molecule has 0 aliphatic carbocycles. The zero-order chi connectivity index (χ0) is 13.7. The van der Waals surface area contributed by atoms with E-state index in [0.717, 1.165) is 12.8 Å². The highest BCUT2D eigenvalue weighted by atomic mass is 79.9. The third-order valence-corrected chi connectivity index (χ3v) is 3.58. The summed E-state index contributed by atoms with van der Waals surface area (Å²) in [5.41, 5.74) is 6.11. The zero-order valence-electron chi connectivity index (χ0n) is 11.0. The second-order valence-electron chi connectivity index (χ2n) is 4.71. The largest absolute Gasteiger partial charge is 0.384 e. The minimum atomic E-state index is -0.119. The number of nitrogen functional groups attached to an aromatic ring is 1. The van der Waals surface area contributed by atoms with Crippen molar-refractivity contribution in [3.8, 4) is 0 Å². The van der Waals surface area contributed by atoms with Gasteiger partial charge in [0, 0.05) is 16.7 Å². The van der Waals surface area contributed by atoms with E-state index < -0.39 is 0 Å². The van der Waals surface area contributed by atoms with E-state index in [1.807, 2.05) is 6.92 Å². The lowest BCUT2D eigenvalue weighted by Gasteiger charge is -2.18. The first-order valence-corrected chi connectivity index (χ1v) is 6.95. The van der Waals surface area contributed by atoms with Crippen LogP contribution in [0.3, 0.4) is 0 Å². The third kappa shape index (κ3) is 4.29. The average Bonchev–Trinajstić information content (AvgIpc) is 2.31. The minimum absolute atomic E-state index is 0.119. The lowest BCUT2D eigenvalue weighted by Crippen LogP contribution is -2.34. The van der Waals surface area contributed by atoms with Crippen molar-refractivity contribution in [2.24, 2.45) is 5.92 Å². The number of nitrogens with one attached hydrogen (secondary N) is 1. The zero-order valence-corrected chi connectivity index (χ0v) is 12.6. The average molecular weight is 314 g/mol. The van der Waals surface area contributed by atoms with Crippen LogP contribution >= 0.6 is 15.9 Å². The number of halogens is 1. The van der Waals surface area contributed by atoms with Gasteiger partial charge in [-0.15, -0.1) is 0 Å². The maximum absolute atomic E-state index is 12.1. The predicted octanol–water partition coefficient (Wildman–Crippen LogP) is 2.98. The van der Waals surface area contributed by atoms with Gasteiger partial charge in [0.2, 0.25) is 0 Å². The molecule has 1 aromatic heterocycles. The van der Waals surface area contributed by atoms with Crippen LogP contribution in [0.5, 0.6) is 0 Å². The Kier molecular flexibility index (Phi) is 5.59. The highest BCUT2D eigenvalue weighted by Gasteiger charge is 2.15. The van der Waals surface area contributed by atoms with Crippen LogP contribution in [0.25, 0.3) is 0 Å². The second kappa shape index (κ2) is 6.73. The van der Waals surface area contributed by atoms with Crippen molar-refractivity contribution in [3.05, 3.63) is 22.3 Å². The molecule has 0 aliphatic rings. The van der Waals surface area contributed by atoms with E-state index in [-0.39, 0.29) is 11.9 Å². The van der Waals surface area contributed by atoms with Gasteiger partial charge < -0.3 is 11.1 Å². The number of rotatable bonds is 5. The molecule has 2 atom stereocenters. The second-order valence-corrected chi connectivity index (χ2v) is 5.57. The van der Waals surface area contributed by atoms with Gasteiger partial charge in [-0.25, -0.2) is 4.98 Å². The van der Waals surface area contributed by atoms with E-state index in [1.54, 1.807) is 12.3 Å². The first-order chi connectivity index (χ1) is 8.43. The Morgan fingerprint density at radius 3 is 2.83 bits per heavy atom. The number of nitrogens with zero attached hydrogens (tertiary/aromatic N) is 1. The first kappa shape index (κ1) is 15.0. The van der Waals surface area contributed by atoms with Gasteiger partial charge in [0.25, 0.3) is 5.91 Å². The summed E-state index contributed by atoms with van der Waals surface area (Å²) in [4.78, 5) is 16.0. The SMILES string of the molecule is CCC(C)CC(C)NC(=O)c1cc(N)ncc1Br. The summed E-state index contributed by atoms with van der Waals surface area (Å²) < 4.78 is 0.657. The molecule has 0 saturated carbocycles. The number of amides is 1. The van der Waals surface area contributed by atoms with Gasteiger partial charge in [-0.05, 0) is 41.3 Å². The van der Waals surface area contributed by atoms with E-state index in [1.165, 1.54) is 0 Å². The van der Waals surface area contributed by atoms with E-state index in [2.05, 4.69) is 40.1 Å². The molecular weight excluding hydrogens is 294 g/mol. The van der Waals surface area contributed by atoms with Gasteiger partial charge in [-0.2, -0.15) is 0 Å². The molecule has 0 aromatic carbocycles. The van der Waals surface area contributed by atoms with E-state index in [9.17, 15) is 4.79 Å². The number of carbonyl (C=O) groups is 1. The van der Waals surface area contributed by atoms with Crippen molar-refractivity contribution < 1.29 is 4.79 Å². The summed E-state index contributed by atoms with van der Waals surface area (Å²) in [5, 5.41) is 2.98. The smallest absolute Gasteiger partial charge is 0.252 e. The van der Waals surface area contributed by atoms with E-state index in [0.29, 0.717) is 21.8 Å². The molecule has 18 heavy (non-hydrogen) atoms. The highest BCUT2D eigenvalue weighted by Crippen LogP contribution is 2.18. The summed E-state index contributed by atoms with van der Waals surface area (Å²) in [6, 6.07) is 1.73. The van der Waals surface area contributed by atoms with Gasteiger partial charge >= 0.3 is 0 Å². The molecule has 0 saturated heterocycles. The van der Waals surface area contributed by atoms with E-state index in [4.69, 9.17) is 5.73 Å². The van der Waals surface area contributed by atoms with Crippen molar-refractivity contribution in [1.29, 1.82) is 0 Å². The molecule has 5 heteroatoms. The number of hydrogen-bond acceptors (Lipinski definition) is 3. The van der Waals surface area contributed by atoms with Crippen LogP contribution in [0.4, 0.5) is 5.82 Å². The molecule has 0 radical (unpaired) electrons. The normalized spacial score (nSPS) is 14.0. The molecule has 100 valence electrons. The molecule has 0 aliphatic heterocycles. The Morgan fingerprint density at radius 2 is 2.22 bits per heavy atom. The Balaban J connectivity index is 2.67. The summed E-state index contributed by atoms with van der Waals surface area (Å²) in [6.07, 6.45) is 3.64. The van der Waals surface area contributed by atoms with Crippen LogP contribution in [0.1, 0.15) is 44.0 Å². The van der Waals surface area contributed by atoms with Crippen LogP contribution < -0.4 is 11.1 Å². The molecule has 1 amide bonds. The molecule has 1 heterocycles. The van der Waals surface area contributed by atoms with Crippen molar-refractivity contribution in [3.63, 3.8) is 0 Å². The number of pyridine rings is 1. The lowest BCUT2D eigenvalue weighted by molar-refractivity contribution is 0.0934. The molecular formula is C13H20BrN3O. The topological polar surface area (TPSA) is 68.0 Å². The number of carbonyl (C=O) groups excluding carboxylic acids is 1. The highest BCUT2D eigenvalue weighted by molar-refractivity contribution is 9.10. The Morgan fingerprint density at radius 1 is 1.56 bits per heavy atom. The molecule has 1 rings (SSSR count). The third-order valence-electron chi connectivity index (χ3n) is 2.95. The Labute approximate surface area is 116 Å². The summed E-state index contributed by atoms with van der Waals surface area (Å²) in [5.74, 6) is 0.830. The minimum Gasteiger partial charge on any atom is -0.384 e. The van der Waals surface area contributed by atoms with Gasteiger partial charge in [-0.1, -0.05) is 20.3 Å². The van der Waals surface area contributed by atoms with Crippen LogP contribution in [0.2, 0.25) is 0 Å². The molecule has 1 aromatic rings. The Hall–Kier alpha value is -1.10. The number of aromatic nitrogens is 1. The van der Waals surface area contributed by atoms with Crippen molar-refractivity contribution >= 4 is 27.7 Å². The standard InChI is InChI=1S/C13H20BrN3O/c1-4-8(2)5-9(3)17-13(18)10-6-12(15)16-7-11(10)14/h6-9H,4-5H2,1-3H3,(H2,15,16)(H,17,18). The van der Waals surface area contributed by atoms with Gasteiger partial charge in [-0.3, -0.25) is 4.79 Å². The summed E-state index contributed by atoms with van der Waals surface area (Å²) >= 11 is 3.31. The lowest BCUT2D eigenvalue weighted by atomic mass is 10.0. The first-order valence-electron chi connectivity index (χ1n) is 6.15. The van der Waals surface area contributed by atoms with Gasteiger partial charge in [0.15, 0.2) is 0 Å². The fourth-order valence-electron chi connectivity index (χ4n) is 1.76. The van der Waals surface area contributed by atoms with Crippen molar-refractivity contribution in [2.45, 2.75) is 39.7 Å². The molecule has 4 nitrogen and oxygen atoms in total. The number of anilines is 1.